The summed E-state index contributed by atoms with van der Waals surface area (Å²) < 4.78 is 6.90. The number of benzene rings is 3. The summed E-state index contributed by atoms with van der Waals surface area (Å²) in [5.41, 5.74) is 1.99. The smallest absolute Gasteiger partial charge is 0.340 e. The number of carbonyl (C=O) groups excluding carboxylic acids is 1. The van der Waals surface area contributed by atoms with E-state index in [0.717, 1.165) is 11.1 Å². The highest BCUT2D eigenvalue weighted by Gasteiger charge is 2.53. The maximum atomic E-state index is 13.1. The number of rotatable bonds is 3. The molecule has 8 heteroatoms. The van der Waals surface area contributed by atoms with Gasteiger partial charge in [0.2, 0.25) is 0 Å². The van der Waals surface area contributed by atoms with Crippen molar-refractivity contribution >= 4 is 43.8 Å². The molecule has 33 heavy (non-hydrogen) atoms. The van der Waals surface area contributed by atoms with Crippen molar-refractivity contribution in [3.8, 4) is 11.5 Å². The number of carbonyl (C=O) groups is 2. The van der Waals surface area contributed by atoms with E-state index in [0.29, 0.717) is 25.6 Å². The molecule has 0 unspecified atom stereocenters. The molecule has 1 heterocycles. The first kappa shape index (κ1) is 23.3. The molecule has 1 aliphatic rings. The Morgan fingerprint density at radius 2 is 1.33 bits per heavy atom. The second-order valence-electron chi connectivity index (χ2n) is 8.23. The number of hydrogen-bond donors (Lipinski definition) is 3. The Balaban J connectivity index is 2.23. The molecule has 170 valence electrons. The second-order valence-corrected chi connectivity index (χ2v) is 9.82. The van der Waals surface area contributed by atoms with Crippen molar-refractivity contribution in [1.29, 1.82) is 0 Å². The van der Waals surface area contributed by atoms with Gasteiger partial charge in [0.1, 0.15) is 11.5 Å². The molecule has 0 atom stereocenters. The summed E-state index contributed by atoms with van der Waals surface area (Å²) >= 11 is 6.83. The lowest BCUT2D eigenvalue weighted by atomic mass is 9.75. The topological polar surface area (TPSA) is 104 Å². The Morgan fingerprint density at radius 1 is 0.848 bits per heavy atom. The number of fused-ring (bicyclic) bond motifs is 1. The Bertz CT molecular complexity index is 1310. The van der Waals surface area contributed by atoms with Crippen LogP contribution >= 0.6 is 31.9 Å². The quantitative estimate of drug-likeness (QED) is 0.330. The summed E-state index contributed by atoms with van der Waals surface area (Å²) in [5, 5.41) is 32.0. The van der Waals surface area contributed by atoms with Crippen molar-refractivity contribution in [1.82, 2.24) is 0 Å². The molecule has 0 saturated carbocycles. The summed E-state index contributed by atoms with van der Waals surface area (Å²) in [6, 6.07) is 7.82. The van der Waals surface area contributed by atoms with Crippen molar-refractivity contribution in [2.24, 2.45) is 0 Å². The number of hydrogen-bond acceptors (Lipinski definition) is 5. The molecule has 6 nitrogen and oxygen atoms in total. The van der Waals surface area contributed by atoms with Crippen LogP contribution in [0.25, 0.3) is 0 Å². The number of aryl methyl sites for hydroxylation is 4. The van der Waals surface area contributed by atoms with Crippen LogP contribution in [0.5, 0.6) is 11.5 Å². The van der Waals surface area contributed by atoms with Crippen LogP contribution in [0.4, 0.5) is 0 Å². The molecule has 0 saturated heterocycles. The first-order chi connectivity index (χ1) is 15.4. The van der Waals surface area contributed by atoms with Gasteiger partial charge < -0.3 is 20.1 Å². The zero-order valence-electron chi connectivity index (χ0n) is 18.2. The molecule has 1 aliphatic heterocycles. The molecule has 0 aliphatic carbocycles. The number of ether oxygens (including phenoxy) is 1. The molecule has 3 aromatic carbocycles. The maximum absolute atomic E-state index is 13.1. The average molecular weight is 576 g/mol. The van der Waals surface area contributed by atoms with Crippen molar-refractivity contribution in [3.63, 3.8) is 0 Å². The van der Waals surface area contributed by atoms with E-state index in [1.165, 1.54) is 18.2 Å². The van der Waals surface area contributed by atoms with Gasteiger partial charge in [0.25, 0.3) is 0 Å². The summed E-state index contributed by atoms with van der Waals surface area (Å²) in [7, 11) is 0. The van der Waals surface area contributed by atoms with Crippen LogP contribution in [0.2, 0.25) is 0 Å². The van der Waals surface area contributed by atoms with E-state index in [2.05, 4.69) is 31.9 Å². The largest absolute Gasteiger partial charge is 0.506 e. The molecule has 4 rings (SSSR count). The minimum atomic E-state index is -1.71. The van der Waals surface area contributed by atoms with Gasteiger partial charge in [-0.15, -0.1) is 0 Å². The van der Waals surface area contributed by atoms with Crippen molar-refractivity contribution in [2.45, 2.75) is 33.3 Å². The summed E-state index contributed by atoms with van der Waals surface area (Å²) in [6.45, 7) is 7.21. The van der Waals surface area contributed by atoms with Gasteiger partial charge in [-0.05, 0) is 93.9 Å². The number of aromatic carboxylic acids is 1. The number of aromatic hydroxyl groups is 2. The van der Waals surface area contributed by atoms with E-state index in [4.69, 9.17) is 4.74 Å². The molecule has 0 aromatic heterocycles. The number of carboxylic acid groups (broad SMARTS) is 1. The van der Waals surface area contributed by atoms with E-state index in [9.17, 15) is 24.9 Å². The van der Waals surface area contributed by atoms with Crippen molar-refractivity contribution in [2.75, 3.05) is 0 Å². The fourth-order valence-electron chi connectivity index (χ4n) is 4.67. The van der Waals surface area contributed by atoms with Gasteiger partial charge in [0.15, 0.2) is 5.60 Å². The lowest BCUT2D eigenvalue weighted by Gasteiger charge is -2.34. The van der Waals surface area contributed by atoms with Gasteiger partial charge in [0, 0.05) is 5.56 Å². The van der Waals surface area contributed by atoms with Crippen LogP contribution in [0.3, 0.4) is 0 Å². The van der Waals surface area contributed by atoms with Crippen LogP contribution in [-0.4, -0.2) is 27.3 Å². The standard InChI is InChI=1S/C25H20Br2O6/c1-10-7-12(3)19(26)21(28)17(10)25(18-11(2)8-13(4)20(27)22(18)29)16-6-5-14(23(30)31)9-15(16)24(32)33-25/h5-9,28-29H,1-4H3,(H,30,31). The highest BCUT2D eigenvalue weighted by atomic mass is 79.9. The van der Waals surface area contributed by atoms with Crippen molar-refractivity contribution < 1.29 is 29.6 Å². The highest BCUT2D eigenvalue weighted by molar-refractivity contribution is 9.11. The predicted octanol–water partition coefficient (Wildman–Crippen LogP) is 6.02. The lowest BCUT2D eigenvalue weighted by molar-refractivity contribution is 0.0235. The average Bonchev–Trinajstić information content (AvgIpc) is 3.02. The van der Waals surface area contributed by atoms with Gasteiger partial charge in [0.05, 0.1) is 31.2 Å². The molecule has 0 spiro atoms. The minimum Gasteiger partial charge on any atom is -0.506 e. The minimum absolute atomic E-state index is 0.0564. The highest BCUT2D eigenvalue weighted by Crippen LogP contribution is 2.56. The number of halogens is 2. The zero-order chi connectivity index (χ0) is 24.4. The fraction of sp³-hybridized carbons (Fsp3) is 0.200. The number of phenolic OH excluding ortho intramolecular Hbond substituents is 2. The third kappa shape index (κ3) is 3.27. The summed E-state index contributed by atoms with van der Waals surface area (Å²) in [5.74, 6) is -2.20. The van der Waals surface area contributed by atoms with Gasteiger partial charge in [-0.2, -0.15) is 0 Å². The molecule has 3 aromatic rings. The van der Waals surface area contributed by atoms with E-state index < -0.39 is 17.5 Å². The van der Waals surface area contributed by atoms with E-state index >= 15 is 0 Å². The van der Waals surface area contributed by atoms with E-state index in [1.54, 1.807) is 13.8 Å². The van der Waals surface area contributed by atoms with E-state index in [1.807, 2.05) is 26.0 Å². The monoisotopic (exact) mass is 574 g/mol. The first-order valence-corrected chi connectivity index (χ1v) is 11.6. The van der Waals surface area contributed by atoms with Crippen molar-refractivity contribution in [3.05, 3.63) is 89.3 Å². The third-order valence-corrected chi connectivity index (χ3v) is 8.05. The molecule has 0 amide bonds. The van der Waals surface area contributed by atoms with Crippen LogP contribution in [0, 0.1) is 27.7 Å². The number of cyclic esters (lactones) is 1. The SMILES string of the molecule is Cc1cc(C)c(C2(c3c(C)cc(C)c(Br)c3O)OC(=O)c3cc(C(=O)O)ccc32)c(O)c1Br. The third-order valence-electron chi connectivity index (χ3n) is 6.05. The number of esters is 1. The molecule has 0 radical (unpaired) electrons. The summed E-state index contributed by atoms with van der Waals surface area (Å²) in [6.07, 6.45) is 0. The Kier molecular flexibility index (Phi) is 5.57. The first-order valence-electron chi connectivity index (χ1n) is 10.0. The number of phenols is 2. The zero-order valence-corrected chi connectivity index (χ0v) is 21.4. The maximum Gasteiger partial charge on any atom is 0.340 e. The van der Waals surface area contributed by atoms with Gasteiger partial charge >= 0.3 is 11.9 Å². The molecule has 3 N–H and O–H groups in total. The Hall–Kier alpha value is -2.84. The molecular weight excluding hydrogens is 556 g/mol. The van der Waals surface area contributed by atoms with Crippen LogP contribution in [-0.2, 0) is 10.3 Å². The van der Waals surface area contributed by atoms with Crippen LogP contribution < -0.4 is 0 Å². The molecular formula is C25H20Br2O6. The van der Waals surface area contributed by atoms with Gasteiger partial charge in [-0.3, -0.25) is 0 Å². The second kappa shape index (κ2) is 7.88. The van der Waals surface area contributed by atoms with Gasteiger partial charge in [-0.1, -0.05) is 18.2 Å². The van der Waals surface area contributed by atoms with E-state index in [-0.39, 0.29) is 33.8 Å². The lowest BCUT2D eigenvalue weighted by Crippen LogP contribution is -2.32. The van der Waals surface area contributed by atoms with Crippen LogP contribution in [0.15, 0.2) is 39.3 Å². The van der Waals surface area contributed by atoms with Gasteiger partial charge in [-0.25, -0.2) is 9.59 Å². The number of carboxylic acids is 1. The van der Waals surface area contributed by atoms with Crippen LogP contribution in [0.1, 0.15) is 59.7 Å². The fourth-order valence-corrected chi connectivity index (χ4v) is 5.30. The Morgan fingerprint density at radius 3 is 1.79 bits per heavy atom. The molecule has 0 bridgehead atoms. The predicted molar refractivity (Wildman–Crippen MR) is 129 cm³/mol. The normalized spacial score (nSPS) is 14.2. The summed E-state index contributed by atoms with van der Waals surface area (Å²) in [4.78, 5) is 24.7. The Labute approximate surface area is 207 Å². The molecule has 0 fully saturated rings.